The lowest BCUT2D eigenvalue weighted by atomic mass is 10.2. The van der Waals surface area contributed by atoms with Crippen LogP contribution < -0.4 is 10.3 Å². The van der Waals surface area contributed by atoms with Crippen molar-refractivity contribution >= 4 is 20.0 Å². The van der Waals surface area contributed by atoms with E-state index >= 15 is 0 Å². The van der Waals surface area contributed by atoms with Crippen LogP contribution in [0.25, 0.3) is 0 Å². The molecule has 0 saturated heterocycles. The van der Waals surface area contributed by atoms with Crippen LogP contribution in [0.5, 0.6) is 0 Å². The van der Waals surface area contributed by atoms with Gasteiger partial charge in [0.2, 0.25) is 20.0 Å². The number of hydrogen-bond acceptors (Lipinski definition) is 4. The van der Waals surface area contributed by atoms with E-state index in [-0.39, 0.29) is 18.9 Å². The Morgan fingerprint density at radius 3 is 1.09 bits per heavy atom. The zero-order valence-electron chi connectivity index (χ0n) is 11.8. The van der Waals surface area contributed by atoms with Crippen LogP contribution in [0.15, 0.2) is 60.7 Å². The van der Waals surface area contributed by atoms with Crippen molar-refractivity contribution in [1.82, 2.24) is 0 Å². The van der Waals surface area contributed by atoms with Gasteiger partial charge >= 0.3 is 0 Å². The van der Waals surface area contributed by atoms with Crippen LogP contribution in [-0.4, -0.2) is 16.8 Å². The highest BCUT2D eigenvalue weighted by Crippen LogP contribution is 2.02. The Hall–Kier alpha value is -1.74. The molecule has 0 spiro atoms. The Bertz CT molecular complexity index is 705. The van der Waals surface area contributed by atoms with Crippen LogP contribution in [0.4, 0.5) is 0 Å². The van der Waals surface area contributed by atoms with Crippen LogP contribution in [0.2, 0.25) is 0 Å². The van der Waals surface area contributed by atoms with Gasteiger partial charge in [-0.25, -0.2) is 27.1 Å². The second kappa shape index (κ2) is 9.41. The molecule has 0 amide bonds. The van der Waals surface area contributed by atoms with Crippen molar-refractivity contribution in [3.05, 3.63) is 71.8 Å². The molecule has 0 radical (unpaired) electrons. The van der Waals surface area contributed by atoms with Crippen LogP contribution in [0.1, 0.15) is 18.6 Å². The minimum atomic E-state index is -3.38. The van der Waals surface area contributed by atoms with E-state index in [0.717, 1.165) is 11.1 Å². The lowest BCUT2D eigenvalue weighted by molar-refractivity contribution is 0.595. The van der Waals surface area contributed by atoms with Gasteiger partial charge in [-0.2, -0.15) is 0 Å². The summed E-state index contributed by atoms with van der Waals surface area (Å²) in [5.41, 5.74) is 1.44. The predicted molar refractivity (Wildman–Crippen MR) is 93.2 cm³/mol. The molecule has 128 valence electrons. The summed E-state index contributed by atoms with van der Waals surface area (Å²) < 4.78 is 42.3. The van der Waals surface area contributed by atoms with Crippen molar-refractivity contribution in [1.29, 1.82) is 0 Å². The summed E-state index contributed by atoms with van der Waals surface area (Å²) in [7, 11) is -6.75. The van der Waals surface area contributed by atoms with Crippen molar-refractivity contribution in [2.24, 2.45) is 10.3 Å². The van der Waals surface area contributed by atoms with E-state index in [9.17, 15) is 16.8 Å². The van der Waals surface area contributed by atoms with E-state index in [1.165, 1.54) is 0 Å². The quantitative estimate of drug-likeness (QED) is 0.862. The highest BCUT2D eigenvalue weighted by molar-refractivity contribution is 7.88. The molecule has 0 bridgehead atoms. The lowest BCUT2D eigenvalue weighted by Gasteiger charge is -1.96. The SMILES string of the molecule is C.NS(=O)(=O)Cc1ccccc1.NS(=O)(=O)Cc1ccccc1. The maximum atomic E-state index is 10.6. The average molecular weight is 358 g/mol. The van der Waals surface area contributed by atoms with Crippen LogP contribution in [0.3, 0.4) is 0 Å². The smallest absolute Gasteiger partial charge is 0.213 e. The third-order valence-electron chi connectivity index (χ3n) is 2.42. The molecule has 0 aromatic heterocycles. The zero-order chi connectivity index (χ0) is 16.6. The Morgan fingerprint density at radius 1 is 0.609 bits per heavy atom. The van der Waals surface area contributed by atoms with Gasteiger partial charge in [0.1, 0.15) is 0 Å². The zero-order valence-corrected chi connectivity index (χ0v) is 13.4. The maximum absolute atomic E-state index is 10.6. The topological polar surface area (TPSA) is 120 Å². The molecule has 0 fully saturated rings. The van der Waals surface area contributed by atoms with Crippen molar-refractivity contribution in [2.75, 3.05) is 0 Å². The van der Waals surface area contributed by atoms with E-state index in [0.29, 0.717) is 0 Å². The molecule has 0 aliphatic carbocycles. The number of benzene rings is 2. The molecule has 0 aliphatic rings. The molecule has 0 unspecified atom stereocenters. The summed E-state index contributed by atoms with van der Waals surface area (Å²) in [5, 5.41) is 9.68. The molecule has 4 N–H and O–H groups in total. The predicted octanol–water partition coefficient (Wildman–Crippen LogP) is 1.59. The summed E-state index contributed by atoms with van der Waals surface area (Å²) >= 11 is 0. The Kier molecular flexibility index (Phi) is 8.70. The minimum Gasteiger partial charge on any atom is -0.228 e. The van der Waals surface area contributed by atoms with Gasteiger partial charge in [-0.3, -0.25) is 0 Å². The van der Waals surface area contributed by atoms with E-state index in [4.69, 9.17) is 10.3 Å². The van der Waals surface area contributed by atoms with Gasteiger partial charge < -0.3 is 0 Å². The molecule has 0 aliphatic heterocycles. The van der Waals surface area contributed by atoms with Crippen LogP contribution in [0, 0.1) is 0 Å². The van der Waals surface area contributed by atoms with Gasteiger partial charge in [-0.15, -0.1) is 0 Å². The van der Waals surface area contributed by atoms with Crippen LogP contribution >= 0.6 is 0 Å². The molecule has 0 heterocycles. The van der Waals surface area contributed by atoms with Crippen molar-refractivity contribution in [3.63, 3.8) is 0 Å². The number of sulfonamides is 2. The Morgan fingerprint density at radius 2 is 0.870 bits per heavy atom. The largest absolute Gasteiger partial charge is 0.228 e. The van der Waals surface area contributed by atoms with E-state index < -0.39 is 20.0 Å². The summed E-state index contributed by atoms with van der Waals surface area (Å²) in [4.78, 5) is 0. The molecular weight excluding hydrogens is 336 g/mol. The monoisotopic (exact) mass is 358 g/mol. The summed E-state index contributed by atoms with van der Waals surface area (Å²) in [6.45, 7) is 0. The van der Waals surface area contributed by atoms with Gasteiger partial charge in [0.25, 0.3) is 0 Å². The fraction of sp³-hybridized carbons (Fsp3) is 0.200. The standard InChI is InChI=1S/2C7H9NO2S.CH4/c2*8-11(9,10)6-7-4-2-1-3-5-7;/h2*1-5H,6H2,(H2,8,9,10);1H4. The fourth-order valence-corrected chi connectivity index (χ4v) is 2.93. The number of rotatable bonds is 4. The summed E-state index contributed by atoms with van der Waals surface area (Å²) in [5.74, 6) is -0.179. The first-order valence-corrected chi connectivity index (χ1v) is 9.67. The van der Waals surface area contributed by atoms with E-state index in [1.807, 2.05) is 12.1 Å². The number of primary sulfonamides is 2. The first-order valence-electron chi connectivity index (χ1n) is 6.24. The first-order chi connectivity index (χ1) is 10.2. The van der Waals surface area contributed by atoms with Gasteiger partial charge in [0.05, 0.1) is 11.5 Å². The second-order valence-corrected chi connectivity index (χ2v) is 7.81. The number of nitrogens with two attached hydrogens (primary N) is 2. The van der Waals surface area contributed by atoms with Crippen molar-refractivity contribution in [2.45, 2.75) is 18.9 Å². The summed E-state index contributed by atoms with van der Waals surface area (Å²) in [6, 6.07) is 17.7. The third kappa shape index (κ3) is 11.5. The first kappa shape index (κ1) is 21.3. The summed E-state index contributed by atoms with van der Waals surface area (Å²) in [6.07, 6.45) is 0. The minimum absolute atomic E-state index is 0. The van der Waals surface area contributed by atoms with Gasteiger partial charge in [0, 0.05) is 0 Å². The number of hydrogen-bond donors (Lipinski definition) is 2. The normalized spacial score (nSPS) is 10.9. The lowest BCUT2D eigenvalue weighted by Crippen LogP contribution is -2.14. The molecular formula is C15H22N2O4S2. The van der Waals surface area contributed by atoms with Crippen molar-refractivity contribution < 1.29 is 16.8 Å². The van der Waals surface area contributed by atoms with Gasteiger partial charge in [0.15, 0.2) is 0 Å². The molecule has 2 aromatic rings. The highest BCUT2D eigenvalue weighted by Gasteiger charge is 2.03. The van der Waals surface area contributed by atoms with Gasteiger partial charge in [-0.05, 0) is 11.1 Å². The highest BCUT2D eigenvalue weighted by atomic mass is 32.2. The molecule has 2 rings (SSSR count). The van der Waals surface area contributed by atoms with E-state index in [2.05, 4.69) is 0 Å². The Balaban J connectivity index is 0.000000403. The van der Waals surface area contributed by atoms with E-state index in [1.54, 1.807) is 48.5 Å². The average Bonchev–Trinajstić information content (AvgIpc) is 2.38. The molecule has 0 atom stereocenters. The Labute approximate surface area is 138 Å². The molecule has 8 heteroatoms. The molecule has 2 aromatic carbocycles. The third-order valence-corrected chi connectivity index (χ3v) is 3.89. The van der Waals surface area contributed by atoms with Crippen molar-refractivity contribution in [3.8, 4) is 0 Å². The van der Waals surface area contributed by atoms with Gasteiger partial charge in [-0.1, -0.05) is 68.1 Å². The second-order valence-electron chi connectivity index (χ2n) is 4.59. The molecule has 23 heavy (non-hydrogen) atoms. The maximum Gasteiger partial charge on any atom is 0.213 e. The van der Waals surface area contributed by atoms with Crippen LogP contribution in [-0.2, 0) is 31.6 Å². The fourth-order valence-electron chi connectivity index (χ4n) is 1.61. The molecule has 0 saturated carbocycles. The molecule has 6 nitrogen and oxygen atoms in total.